The van der Waals surface area contributed by atoms with Crippen molar-refractivity contribution in [1.82, 2.24) is 9.88 Å². The van der Waals surface area contributed by atoms with Crippen LogP contribution in [0.5, 0.6) is 0 Å². The van der Waals surface area contributed by atoms with Crippen LogP contribution in [0.25, 0.3) is 0 Å². The molecule has 1 aromatic heterocycles. The van der Waals surface area contributed by atoms with Crippen LogP contribution in [0.2, 0.25) is 0 Å². The van der Waals surface area contributed by atoms with E-state index < -0.39 is 0 Å². The number of carbonyl (C=O) groups excluding carboxylic acids is 1. The van der Waals surface area contributed by atoms with E-state index in [2.05, 4.69) is 18.0 Å². The topological polar surface area (TPSA) is 57.0 Å². The average molecular weight is 259 g/mol. The summed E-state index contributed by atoms with van der Waals surface area (Å²) >= 11 is 0. The summed E-state index contributed by atoms with van der Waals surface area (Å²) in [4.78, 5) is 18.2. The van der Waals surface area contributed by atoms with Crippen LogP contribution in [0, 0.1) is 17.2 Å². The Hall–Kier alpha value is -1.89. The van der Waals surface area contributed by atoms with Crippen LogP contribution >= 0.6 is 0 Å². The second kappa shape index (κ2) is 8.25. The molecular formula is C15H21N3O. The highest BCUT2D eigenvalue weighted by atomic mass is 16.2. The summed E-state index contributed by atoms with van der Waals surface area (Å²) in [6, 6.07) is 5.91. The third kappa shape index (κ3) is 5.09. The van der Waals surface area contributed by atoms with Gasteiger partial charge in [0.1, 0.15) is 0 Å². The zero-order valence-corrected chi connectivity index (χ0v) is 11.7. The Morgan fingerprint density at radius 3 is 2.95 bits per heavy atom. The summed E-state index contributed by atoms with van der Waals surface area (Å²) in [7, 11) is 0. The van der Waals surface area contributed by atoms with Crippen molar-refractivity contribution < 1.29 is 4.79 Å². The molecule has 0 saturated carbocycles. The van der Waals surface area contributed by atoms with Gasteiger partial charge < -0.3 is 4.90 Å². The minimum absolute atomic E-state index is 0.0142. The molecule has 19 heavy (non-hydrogen) atoms. The Morgan fingerprint density at radius 1 is 1.58 bits per heavy atom. The first-order valence-corrected chi connectivity index (χ1v) is 6.73. The molecule has 0 N–H and O–H groups in total. The minimum Gasteiger partial charge on any atom is -0.337 e. The molecule has 1 aromatic rings. The summed E-state index contributed by atoms with van der Waals surface area (Å²) < 4.78 is 0. The van der Waals surface area contributed by atoms with E-state index in [0.29, 0.717) is 19.5 Å². The van der Waals surface area contributed by atoms with Crippen LogP contribution in [0.1, 0.15) is 38.7 Å². The van der Waals surface area contributed by atoms with Crippen molar-refractivity contribution in [3.63, 3.8) is 0 Å². The molecule has 102 valence electrons. The number of hydrogen-bond donors (Lipinski definition) is 0. The molecule has 4 heteroatoms. The highest BCUT2D eigenvalue weighted by Crippen LogP contribution is 2.13. The molecule has 0 radical (unpaired) electrons. The fourth-order valence-electron chi connectivity index (χ4n) is 2.03. The number of hydrogen-bond acceptors (Lipinski definition) is 3. The second-order valence-corrected chi connectivity index (χ2v) is 4.72. The molecule has 0 saturated heterocycles. The van der Waals surface area contributed by atoms with E-state index in [9.17, 15) is 4.79 Å². The maximum atomic E-state index is 12.3. The van der Waals surface area contributed by atoms with Gasteiger partial charge in [-0.05, 0) is 18.1 Å². The molecular weight excluding hydrogens is 238 g/mol. The Balaban J connectivity index is 2.71. The summed E-state index contributed by atoms with van der Waals surface area (Å²) in [5.41, 5.74) is 0.998. The van der Waals surface area contributed by atoms with Gasteiger partial charge in [-0.3, -0.25) is 9.78 Å². The number of rotatable bonds is 7. The fraction of sp³-hybridized carbons (Fsp3) is 0.533. The molecule has 1 atom stereocenters. The summed E-state index contributed by atoms with van der Waals surface area (Å²) in [5, 5.41) is 8.70. The van der Waals surface area contributed by atoms with Gasteiger partial charge in [0.15, 0.2) is 0 Å². The Labute approximate surface area is 115 Å². The van der Waals surface area contributed by atoms with Gasteiger partial charge in [0.2, 0.25) is 5.91 Å². The molecule has 0 aromatic carbocycles. The molecule has 1 rings (SSSR count). The zero-order chi connectivity index (χ0) is 14.1. The van der Waals surface area contributed by atoms with Gasteiger partial charge in [0, 0.05) is 31.4 Å². The van der Waals surface area contributed by atoms with Gasteiger partial charge in [-0.1, -0.05) is 26.3 Å². The number of nitriles is 1. The lowest BCUT2D eigenvalue weighted by Crippen LogP contribution is -2.35. The third-order valence-electron chi connectivity index (χ3n) is 3.04. The molecule has 0 spiro atoms. The largest absolute Gasteiger partial charge is 0.337 e. The first kappa shape index (κ1) is 15.2. The normalized spacial score (nSPS) is 11.6. The lowest BCUT2D eigenvalue weighted by molar-refractivity contribution is -0.135. The number of amides is 1. The van der Waals surface area contributed by atoms with Gasteiger partial charge in [-0.2, -0.15) is 5.26 Å². The van der Waals surface area contributed by atoms with E-state index in [1.54, 1.807) is 17.3 Å². The van der Waals surface area contributed by atoms with Crippen LogP contribution in [-0.4, -0.2) is 22.3 Å². The van der Waals surface area contributed by atoms with Gasteiger partial charge in [0.25, 0.3) is 0 Å². The molecule has 0 aliphatic heterocycles. The average Bonchev–Trinajstić information content (AvgIpc) is 2.44. The van der Waals surface area contributed by atoms with E-state index in [1.807, 2.05) is 19.1 Å². The van der Waals surface area contributed by atoms with E-state index in [1.165, 1.54) is 0 Å². The lowest BCUT2D eigenvalue weighted by Gasteiger charge is -2.25. The monoisotopic (exact) mass is 259 g/mol. The number of carbonyl (C=O) groups is 1. The molecule has 0 aliphatic rings. The van der Waals surface area contributed by atoms with Crippen molar-refractivity contribution in [2.24, 2.45) is 5.92 Å². The third-order valence-corrected chi connectivity index (χ3v) is 3.04. The summed E-state index contributed by atoms with van der Waals surface area (Å²) in [6.07, 6.45) is 5.72. The van der Waals surface area contributed by atoms with Gasteiger partial charge in [-0.15, -0.1) is 0 Å². The highest BCUT2D eigenvalue weighted by molar-refractivity contribution is 5.78. The van der Waals surface area contributed by atoms with Crippen LogP contribution < -0.4 is 0 Å². The molecule has 1 amide bonds. The predicted molar refractivity (Wildman–Crippen MR) is 74.0 cm³/mol. The number of aromatic nitrogens is 1. The summed E-state index contributed by atoms with van der Waals surface area (Å²) in [6.45, 7) is 5.04. The second-order valence-electron chi connectivity index (χ2n) is 4.72. The van der Waals surface area contributed by atoms with Crippen molar-refractivity contribution in [1.29, 1.82) is 5.26 Å². The van der Waals surface area contributed by atoms with E-state index in [0.717, 1.165) is 18.4 Å². The molecule has 1 heterocycles. The Kier molecular flexibility index (Phi) is 6.59. The number of pyridine rings is 1. The molecule has 4 nitrogen and oxygen atoms in total. The Bertz CT molecular complexity index is 425. The maximum Gasteiger partial charge on any atom is 0.225 e. The number of nitrogens with zero attached hydrogens (tertiary/aromatic N) is 3. The van der Waals surface area contributed by atoms with Crippen molar-refractivity contribution >= 4 is 5.91 Å². The van der Waals surface area contributed by atoms with Gasteiger partial charge in [-0.25, -0.2) is 0 Å². The maximum absolute atomic E-state index is 12.3. The lowest BCUT2D eigenvalue weighted by atomic mass is 10.0. The van der Waals surface area contributed by atoms with E-state index in [4.69, 9.17) is 5.26 Å². The van der Waals surface area contributed by atoms with Crippen LogP contribution in [0.15, 0.2) is 24.5 Å². The molecule has 0 aliphatic carbocycles. The fourth-order valence-corrected chi connectivity index (χ4v) is 2.03. The van der Waals surface area contributed by atoms with Crippen molar-refractivity contribution in [2.45, 2.75) is 39.7 Å². The zero-order valence-electron chi connectivity index (χ0n) is 11.7. The standard InChI is InChI=1S/C15H21N3O/c1-3-6-13(2)15(19)18(10-5-8-16)12-14-7-4-9-17-11-14/h4,7,9,11,13H,3,5-6,10,12H2,1-2H3. The van der Waals surface area contributed by atoms with E-state index in [-0.39, 0.29) is 11.8 Å². The molecule has 0 fully saturated rings. The SMILES string of the molecule is CCCC(C)C(=O)N(CCC#N)Cc1cccnc1. The van der Waals surface area contributed by atoms with Crippen molar-refractivity contribution in [3.8, 4) is 6.07 Å². The van der Waals surface area contributed by atoms with E-state index >= 15 is 0 Å². The van der Waals surface area contributed by atoms with Gasteiger partial charge in [0.05, 0.1) is 12.5 Å². The molecule has 1 unspecified atom stereocenters. The minimum atomic E-state index is 0.0142. The molecule has 0 bridgehead atoms. The smallest absolute Gasteiger partial charge is 0.225 e. The highest BCUT2D eigenvalue weighted by Gasteiger charge is 2.19. The first-order chi connectivity index (χ1) is 9.19. The Morgan fingerprint density at radius 2 is 2.37 bits per heavy atom. The van der Waals surface area contributed by atoms with Crippen molar-refractivity contribution in [2.75, 3.05) is 6.54 Å². The summed E-state index contributed by atoms with van der Waals surface area (Å²) in [5.74, 6) is 0.140. The van der Waals surface area contributed by atoms with Crippen LogP contribution in [0.4, 0.5) is 0 Å². The first-order valence-electron chi connectivity index (χ1n) is 6.73. The van der Waals surface area contributed by atoms with Crippen LogP contribution in [-0.2, 0) is 11.3 Å². The van der Waals surface area contributed by atoms with Gasteiger partial charge >= 0.3 is 0 Å². The quantitative estimate of drug-likeness (QED) is 0.756. The van der Waals surface area contributed by atoms with Crippen molar-refractivity contribution in [3.05, 3.63) is 30.1 Å². The van der Waals surface area contributed by atoms with Crippen LogP contribution in [0.3, 0.4) is 0 Å². The predicted octanol–water partition coefficient (Wildman–Crippen LogP) is 2.76.